The summed E-state index contributed by atoms with van der Waals surface area (Å²) in [6, 6.07) is 0. The van der Waals surface area contributed by atoms with Crippen LogP contribution in [0.5, 0.6) is 0 Å². The topological polar surface area (TPSA) is 29.5 Å². The molecule has 0 aromatic rings. The molecule has 0 aliphatic rings. The molecule has 0 spiro atoms. The van der Waals surface area contributed by atoms with Crippen LogP contribution < -0.4 is 12.4 Å². The van der Waals surface area contributed by atoms with Gasteiger partial charge < -0.3 is 16.9 Å². The third kappa shape index (κ3) is 4.06. The third-order valence-corrected chi connectivity index (χ3v) is 1.33. The molecule has 0 saturated carbocycles. The first-order valence-corrected chi connectivity index (χ1v) is 3.13. The van der Waals surface area contributed by atoms with E-state index in [9.17, 15) is 0 Å². The maximum absolute atomic E-state index is 8.35. The highest BCUT2D eigenvalue weighted by atomic mass is 35.5. The van der Waals surface area contributed by atoms with Crippen molar-refractivity contribution < 1.29 is 27.0 Å². The lowest BCUT2D eigenvalue weighted by Crippen LogP contribution is -3.00. The van der Waals surface area contributed by atoms with Crippen LogP contribution in [0, 0.1) is 0 Å². The lowest BCUT2D eigenvalue weighted by atomic mass is 10.3. The van der Waals surface area contributed by atoms with Crippen LogP contribution in [-0.2, 0) is 4.89 Å². The van der Waals surface area contributed by atoms with E-state index in [1.165, 1.54) is 0 Å². The summed E-state index contributed by atoms with van der Waals surface area (Å²) in [6.07, 6.45) is 0.713. The van der Waals surface area contributed by atoms with Crippen LogP contribution in [0.4, 0.5) is 0 Å². The predicted molar refractivity (Wildman–Crippen MR) is 35.8 cm³/mol. The summed E-state index contributed by atoms with van der Waals surface area (Å²) in [4.78, 5) is 4.24. The van der Waals surface area contributed by atoms with E-state index in [0.717, 1.165) is 6.42 Å². The first-order chi connectivity index (χ1) is 4.02. The number of hydrogen-bond donors (Lipinski definition) is 1. The zero-order chi connectivity index (χ0) is 7.49. The SMILES string of the molecule is CCC(OO)[N+](C)(C)C.[Cl-]. The van der Waals surface area contributed by atoms with Gasteiger partial charge in [-0.3, -0.25) is 0 Å². The molecule has 0 heterocycles. The number of quaternary nitrogens is 1. The molecule has 10 heavy (non-hydrogen) atoms. The first kappa shape index (κ1) is 12.8. The Kier molecular flexibility index (Phi) is 6.29. The van der Waals surface area contributed by atoms with Gasteiger partial charge in [-0.05, 0) is 0 Å². The zero-order valence-corrected chi connectivity index (χ0v) is 7.72. The van der Waals surface area contributed by atoms with Gasteiger partial charge in [0, 0.05) is 6.42 Å². The van der Waals surface area contributed by atoms with E-state index in [4.69, 9.17) is 5.26 Å². The molecule has 0 aliphatic heterocycles. The second-order valence-corrected chi connectivity index (χ2v) is 3.08. The summed E-state index contributed by atoms with van der Waals surface area (Å²) in [7, 11) is 5.93. The Balaban J connectivity index is 0. The van der Waals surface area contributed by atoms with Crippen molar-refractivity contribution >= 4 is 0 Å². The smallest absolute Gasteiger partial charge is 0.223 e. The molecular weight excluding hydrogens is 154 g/mol. The van der Waals surface area contributed by atoms with E-state index >= 15 is 0 Å². The number of halogens is 1. The van der Waals surface area contributed by atoms with Crippen LogP contribution in [0.25, 0.3) is 0 Å². The van der Waals surface area contributed by atoms with Crippen LogP contribution >= 0.6 is 0 Å². The van der Waals surface area contributed by atoms with Gasteiger partial charge in [-0.15, -0.1) is 0 Å². The quantitative estimate of drug-likeness (QED) is 0.228. The van der Waals surface area contributed by atoms with Crippen molar-refractivity contribution in [2.24, 2.45) is 0 Å². The molecule has 0 bridgehead atoms. The molecule has 0 aromatic heterocycles. The zero-order valence-electron chi connectivity index (χ0n) is 6.97. The molecule has 0 fully saturated rings. The van der Waals surface area contributed by atoms with Crippen molar-refractivity contribution in [3.8, 4) is 0 Å². The van der Waals surface area contributed by atoms with Gasteiger partial charge in [0.05, 0.1) is 21.1 Å². The Bertz CT molecular complexity index is 78.3. The van der Waals surface area contributed by atoms with Crippen molar-refractivity contribution in [3.63, 3.8) is 0 Å². The maximum atomic E-state index is 8.35. The predicted octanol–water partition coefficient (Wildman–Crippen LogP) is -2.08. The summed E-state index contributed by atoms with van der Waals surface area (Å²) in [5, 5.41) is 8.35. The van der Waals surface area contributed by atoms with Crippen LogP contribution in [0.3, 0.4) is 0 Å². The van der Waals surface area contributed by atoms with Crippen LogP contribution in [0.2, 0.25) is 0 Å². The van der Waals surface area contributed by atoms with Crippen LogP contribution in [-0.4, -0.2) is 37.1 Å². The van der Waals surface area contributed by atoms with Gasteiger partial charge in [0.15, 0.2) is 0 Å². The summed E-state index contributed by atoms with van der Waals surface area (Å²) < 4.78 is 0.632. The van der Waals surface area contributed by atoms with E-state index in [0.29, 0.717) is 4.48 Å². The van der Waals surface area contributed by atoms with Gasteiger partial charge >= 0.3 is 0 Å². The Morgan fingerprint density at radius 2 is 1.80 bits per heavy atom. The summed E-state index contributed by atoms with van der Waals surface area (Å²) >= 11 is 0. The van der Waals surface area contributed by atoms with Crippen molar-refractivity contribution in [3.05, 3.63) is 0 Å². The van der Waals surface area contributed by atoms with Crippen molar-refractivity contribution in [1.82, 2.24) is 0 Å². The van der Waals surface area contributed by atoms with E-state index < -0.39 is 0 Å². The Morgan fingerprint density at radius 3 is 1.80 bits per heavy atom. The van der Waals surface area contributed by atoms with Gasteiger partial charge in [-0.25, -0.2) is 5.26 Å². The molecule has 64 valence electrons. The maximum Gasteiger partial charge on any atom is 0.223 e. The molecule has 0 amide bonds. The normalized spacial score (nSPS) is 14.1. The largest absolute Gasteiger partial charge is 1.00 e. The second-order valence-electron chi connectivity index (χ2n) is 3.08. The number of nitrogens with zero attached hydrogens (tertiary/aromatic N) is 1. The fourth-order valence-corrected chi connectivity index (χ4v) is 0.764. The highest BCUT2D eigenvalue weighted by Crippen LogP contribution is 2.06. The molecule has 0 rings (SSSR count). The molecule has 1 atom stereocenters. The standard InChI is InChI=1S/C6H15NO2.ClH/c1-5-6(9-8)7(2,3)4;/h6H,5H2,1-4H3;1H. The Morgan fingerprint density at radius 1 is 1.40 bits per heavy atom. The van der Waals surface area contributed by atoms with Gasteiger partial charge in [-0.2, -0.15) is 4.89 Å². The monoisotopic (exact) mass is 169 g/mol. The minimum Gasteiger partial charge on any atom is -1.00 e. The van der Waals surface area contributed by atoms with E-state index in [1.54, 1.807) is 0 Å². The Labute approximate surface area is 68.5 Å². The molecule has 0 aromatic carbocycles. The molecular formula is C6H16ClNO2. The van der Waals surface area contributed by atoms with Gasteiger partial charge in [0.2, 0.25) is 6.23 Å². The summed E-state index contributed by atoms with van der Waals surface area (Å²) in [5.41, 5.74) is 0. The fourth-order valence-electron chi connectivity index (χ4n) is 0.764. The molecule has 1 N–H and O–H groups in total. The lowest BCUT2D eigenvalue weighted by Gasteiger charge is -2.30. The van der Waals surface area contributed by atoms with Gasteiger partial charge in [-0.1, -0.05) is 6.92 Å². The van der Waals surface area contributed by atoms with Gasteiger partial charge in [0.1, 0.15) is 0 Å². The van der Waals surface area contributed by atoms with E-state index in [-0.39, 0.29) is 18.6 Å². The number of rotatable bonds is 3. The van der Waals surface area contributed by atoms with Gasteiger partial charge in [0.25, 0.3) is 0 Å². The molecule has 3 nitrogen and oxygen atoms in total. The number of hydrogen-bond acceptors (Lipinski definition) is 2. The van der Waals surface area contributed by atoms with Crippen LogP contribution in [0.15, 0.2) is 0 Å². The molecule has 0 aliphatic carbocycles. The average Bonchev–Trinajstić information content (AvgIpc) is 1.65. The molecule has 0 saturated heterocycles. The molecule has 0 radical (unpaired) electrons. The van der Waals surface area contributed by atoms with Crippen molar-refractivity contribution in [1.29, 1.82) is 0 Å². The van der Waals surface area contributed by atoms with Crippen molar-refractivity contribution in [2.75, 3.05) is 21.1 Å². The Hall–Kier alpha value is 0.170. The van der Waals surface area contributed by atoms with Crippen molar-refractivity contribution in [2.45, 2.75) is 19.6 Å². The summed E-state index contributed by atoms with van der Waals surface area (Å²) in [6.45, 7) is 1.98. The highest BCUT2D eigenvalue weighted by molar-refractivity contribution is 4.33. The third-order valence-electron chi connectivity index (χ3n) is 1.33. The molecule has 1 unspecified atom stereocenters. The summed E-state index contributed by atoms with van der Waals surface area (Å²) in [5.74, 6) is 0. The second kappa shape index (κ2) is 4.91. The minimum absolute atomic E-state index is 0. The fraction of sp³-hybridized carbons (Fsp3) is 1.00. The van der Waals surface area contributed by atoms with E-state index in [1.807, 2.05) is 28.1 Å². The van der Waals surface area contributed by atoms with Crippen LogP contribution in [0.1, 0.15) is 13.3 Å². The minimum atomic E-state index is -0.106. The molecule has 4 heteroatoms. The average molecular weight is 170 g/mol. The first-order valence-electron chi connectivity index (χ1n) is 3.13. The highest BCUT2D eigenvalue weighted by Gasteiger charge is 2.21. The lowest BCUT2D eigenvalue weighted by molar-refractivity contribution is -0.930. The van der Waals surface area contributed by atoms with E-state index in [2.05, 4.69) is 4.89 Å².